The highest BCUT2D eigenvalue weighted by Crippen LogP contribution is 2.43. The van der Waals surface area contributed by atoms with Crippen molar-refractivity contribution in [2.75, 3.05) is 40.9 Å². The second kappa shape index (κ2) is 62.4. The maximum atomic E-state index is 13.0. The fraction of sp³-hybridized carbons (Fsp3) is 0.608. The highest BCUT2D eigenvalue weighted by Gasteiger charge is 2.27. The van der Waals surface area contributed by atoms with Crippen LogP contribution >= 0.6 is 7.82 Å². The number of aliphatic hydroxyl groups is 1. The van der Waals surface area contributed by atoms with Crippen LogP contribution in [0.4, 0.5) is 0 Å². The van der Waals surface area contributed by atoms with Crippen LogP contribution in [0.25, 0.3) is 0 Å². The molecule has 0 radical (unpaired) electrons. The number of allylic oxidation sites excluding steroid dienone is 27. The molecule has 3 unspecified atom stereocenters. The molecule has 83 heavy (non-hydrogen) atoms. The lowest BCUT2D eigenvalue weighted by molar-refractivity contribution is -0.870. The van der Waals surface area contributed by atoms with E-state index in [1.165, 1.54) is 89.9 Å². The van der Waals surface area contributed by atoms with Crippen LogP contribution in [0.5, 0.6) is 0 Å². The topological polar surface area (TPSA) is 105 Å². The molecule has 0 rings (SSSR count). The number of aliphatic hydroxyl groups excluding tert-OH is 1. The molecule has 3 N–H and O–H groups in total. The lowest BCUT2D eigenvalue weighted by Gasteiger charge is -2.25. The minimum absolute atomic E-state index is 0.0424. The smallest absolute Gasteiger partial charge is 0.387 e. The van der Waals surface area contributed by atoms with Crippen LogP contribution < -0.4 is 5.32 Å². The number of hydrogen-bond acceptors (Lipinski definition) is 5. The van der Waals surface area contributed by atoms with E-state index in [0.29, 0.717) is 17.4 Å². The molecule has 1 amide bonds. The molecule has 0 aliphatic heterocycles. The quantitative estimate of drug-likeness (QED) is 0.0243. The minimum atomic E-state index is -4.38. The second-order valence-electron chi connectivity index (χ2n) is 22.7. The molecule has 0 spiro atoms. The second-order valence-corrected chi connectivity index (χ2v) is 24.2. The Morgan fingerprint density at radius 1 is 0.422 bits per heavy atom. The molecule has 0 heterocycles. The standard InChI is InChI=1S/C74H123N2O6P/c1-6-8-10-12-14-16-18-20-22-24-26-28-29-30-31-32-33-34-35-36-37-38-39-40-41-42-43-44-45-46-47-48-50-52-54-56-58-60-62-64-66-68-74(78)75-72(71-82-83(79,80)81-70-69-76(3,4)5)73(77)67-65-63-61-59-57-55-53-51-49-27-25-23-21-19-17-15-13-11-9-7-2/h8,10,14,16,20,22,26,28,30-31,33-34,36-37,39-40,42-43,45-46,48-51,57,59,65,67,72-73,77H,6-7,9,11-13,15,17-19,21,23-25,27,29,32,35,38,41,44,47,52-56,58,60-64,66,68-71H2,1-5H3,(H-,75,78,79,80)/p+1/b10-8-,16-14-,22-20-,28-26-,31-30-,34-33-,37-36-,40-39-,43-42-,46-45-,50-48-,51-49+,59-57+,67-65+. The number of nitrogens with one attached hydrogen (secondary N) is 1. The zero-order valence-electron chi connectivity index (χ0n) is 53.6. The summed E-state index contributed by atoms with van der Waals surface area (Å²) in [6.07, 6.45) is 99.1. The molecule has 470 valence electrons. The Hall–Kier alpha value is -4.14. The van der Waals surface area contributed by atoms with Gasteiger partial charge in [-0.25, -0.2) is 4.57 Å². The van der Waals surface area contributed by atoms with Gasteiger partial charge in [0.25, 0.3) is 0 Å². The van der Waals surface area contributed by atoms with E-state index >= 15 is 0 Å². The van der Waals surface area contributed by atoms with Gasteiger partial charge in [0, 0.05) is 6.42 Å². The Kier molecular flexibility index (Phi) is 59.3. The summed E-state index contributed by atoms with van der Waals surface area (Å²) in [7, 11) is 1.52. The summed E-state index contributed by atoms with van der Waals surface area (Å²) in [6, 6.07) is -0.889. The van der Waals surface area contributed by atoms with Crippen LogP contribution in [0, 0.1) is 0 Å². The average Bonchev–Trinajstić information content (AvgIpc) is 3.49. The van der Waals surface area contributed by atoms with E-state index in [-0.39, 0.29) is 19.1 Å². The summed E-state index contributed by atoms with van der Waals surface area (Å²) >= 11 is 0. The van der Waals surface area contributed by atoms with Gasteiger partial charge >= 0.3 is 7.82 Å². The molecule has 0 aliphatic rings. The van der Waals surface area contributed by atoms with E-state index in [4.69, 9.17) is 9.05 Å². The summed E-state index contributed by atoms with van der Waals surface area (Å²) in [5.74, 6) is -0.209. The van der Waals surface area contributed by atoms with Gasteiger partial charge in [-0.1, -0.05) is 274 Å². The Labute approximate surface area is 511 Å². The van der Waals surface area contributed by atoms with Gasteiger partial charge in [-0.05, 0) is 128 Å². The molecule has 3 atom stereocenters. The van der Waals surface area contributed by atoms with Crippen LogP contribution in [0.3, 0.4) is 0 Å². The van der Waals surface area contributed by atoms with Gasteiger partial charge in [-0.2, -0.15) is 0 Å². The average molecular weight is 1170 g/mol. The maximum absolute atomic E-state index is 13.0. The van der Waals surface area contributed by atoms with Gasteiger partial charge in [-0.15, -0.1) is 0 Å². The fourth-order valence-corrected chi connectivity index (χ4v) is 9.28. The first-order valence-corrected chi connectivity index (χ1v) is 34.5. The Morgan fingerprint density at radius 2 is 0.735 bits per heavy atom. The monoisotopic (exact) mass is 1170 g/mol. The lowest BCUT2D eigenvalue weighted by atomic mass is 10.1. The van der Waals surface area contributed by atoms with E-state index in [1.54, 1.807) is 6.08 Å². The van der Waals surface area contributed by atoms with Gasteiger partial charge in [0.05, 0.1) is 39.9 Å². The van der Waals surface area contributed by atoms with Crippen LogP contribution in [0.1, 0.15) is 239 Å². The van der Waals surface area contributed by atoms with Crippen molar-refractivity contribution < 1.29 is 32.9 Å². The molecule has 0 aromatic heterocycles. The third kappa shape index (κ3) is 65.3. The normalized spacial score (nSPS) is 14.8. The number of phosphoric ester groups is 1. The summed E-state index contributed by atoms with van der Waals surface area (Å²) in [4.78, 5) is 23.4. The van der Waals surface area contributed by atoms with Gasteiger partial charge in [-0.3, -0.25) is 13.8 Å². The SMILES string of the molecule is CC/C=C\C/C=C\C/C=C\C/C=C\C/C=C\C/C=C\C/C=C\C/C=C\C/C=C\C/C=C\C/C=C\CCCCCCCCCC(=O)NC(COP(=O)(O)OCC[N+](C)(C)C)C(O)/C=C/CC/C=C/CC/C=C/CCCCCCCCCCCC. The molecular weight excluding hydrogens is 1040 g/mol. The molecular formula is C74H124N2O6P+. The highest BCUT2D eigenvalue weighted by molar-refractivity contribution is 7.47. The lowest BCUT2D eigenvalue weighted by Crippen LogP contribution is -2.45. The molecule has 0 aliphatic carbocycles. The largest absolute Gasteiger partial charge is 0.472 e. The van der Waals surface area contributed by atoms with Crippen molar-refractivity contribution in [1.29, 1.82) is 0 Å². The summed E-state index contributed by atoms with van der Waals surface area (Å²) in [6.45, 7) is 4.65. The van der Waals surface area contributed by atoms with Gasteiger partial charge < -0.3 is 19.8 Å². The van der Waals surface area contributed by atoms with Crippen molar-refractivity contribution in [3.05, 3.63) is 170 Å². The number of rotatable bonds is 58. The van der Waals surface area contributed by atoms with E-state index in [9.17, 15) is 19.4 Å². The number of carbonyl (C=O) groups is 1. The van der Waals surface area contributed by atoms with Crippen LogP contribution in [0.2, 0.25) is 0 Å². The molecule has 0 bridgehead atoms. The summed E-state index contributed by atoms with van der Waals surface area (Å²) in [5.41, 5.74) is 0. The first-order valence-electron chi connectivity index (χ1n) is 33.0. The highest BCUT2D eigenvalue weighted by atomic mass is 31.2. The van der Waals surface area contributed by atoms with Gasteiger partial charge in [0.2, 0.25) is 5.91 Å². The number of amides is 1. The number of likely N-dealkylation sites (N-methyl/N-ethyl adjacent to an activating group) is 1. The molecule has 0 saturated heterocycles. The third-order valence-corrected chi connectivity index (χ3v) is 14.6. The van der Waals surface area contributed by atoms with E-state index in [2.05, 4.69) is 177 Å². The molecule has 0 aromatic rings. The predicted octanol–water partition coefficient (Wildman–Crippen LogP) is 21.2. The summed E-state index contributed by atoms with van der Waals surface area (Å²) < 4.78 is 23.7. The first kappa shape index (κ1) is 78.9. The van der Waals surface area contributed by atoms with Crippen molar-refractivity contribution in [2.45, 2.75) is 251 Å². The summed E-state index contributed by atoms with van der Waals surface area (Å²) in [5, 5.41) is 13.9. The number of carbonyl (C=O) groups excluding carboxylic acids is 1. The number of unbranched alkanes of at least 4 members (excludes halogenated alkanes) is 19. The van der Waals surface area contributed by atoms with E-state index < -0.39 is 20.0 Å². The maximum Gasteiger partial charge on any atom is 0.472 e. The number of phosphoric acid groups is 1. The van der Waals surface area contributed by atoms with Gasteiger partial charge in [0.15, 0.2) is 0 Å². The van der Waals surface area contributed by atoms with E-state index in [0.717, 1.165) is 128 Å². The number of hydrogen-bond donors (Lipinski definition) is 3. The number of quaternary nitrogens is 1. The van der Waals surface area contributed by atoms with Crippen molar-refractivity contribution in [1.82, 2.24) is 5.32 Å². The Bertz CT molecular complexity index is 1960. The molecule has 0 saturated carbocycles. The predicted molar refractivity (Wildman–Crippen MR) is 363 cm³/mol. The minimum Gasteiger partial charge on any atom is -0.387 e. The van der Waals surface area contributed by atoms with Crippen molar-refractivity contribution in [2.24, 2.45) is 0 Å². The van der Waals surface area contributed by atoms with Crippen LogP contribution in [-0.2, 0) is 18.4 Å². The van der Waals surface area contributed by atoms with Crippen molar-refractivity contribution in [3.8, 4) is 0 Å². The fourth-order valence-electron chi connectivity index (χ4n) is 8.55. The Balaban J connectivity index is 4.22. The molecule has 0 aromatic carbocycles. The zero-order valence-corrected chi connectivity index (χ0v) is 54.5. The molecule has 9 heteroatoms. The Morgan fingerprint density at radius 3 is 1.11 bits per heavy atom. The third-order valence-electron chi connectivity index (χ3n) is 13.6. The van der Waals surface area contributed by atoms with Crippen LogP contribution in [-0.4, -0.2) is 73.4 Å². The van der Waals surface area contributed by atoms with E-state index in [1.807, 2.05) is 27.2 Å². The van der Waals surface area contributed by atoms with Crippen molar-refractivity contribution >= 4 is 13.7 Å². The van der Waals surface area contributed by atoms with Gasteiger partial charge in [0.1, 0.15) is 13.2 Å². The van der Waals surface area contributed by atoms with Crippen LogP contribution in [0.15, 0.2) is 170 Å². The zero-order chi connectivity index (χ0) is 60.5. The molecule has 8 nitrogen and oxygen atoms in total. The number of nitrogens with zero attached hydrogens (tertiary/aromatic N) is 1. The molecule has 0 fully saturated rings. The van der Waals surface area contributed by atoms with Crippen molar-refractivity contribution in [3.63, 3.8) is 0 Å². The first-order chi connectivity index (χ1) is 40.5.